The molecule has 0 bridgehead atoms. The number of hydrogen-bond acceptors (Lipinski definition) is 3. The van der Waals surface area contributed by atoms with Crippen LogP contribution in [0.5, 0.6) is 0 Å². The van der Waals surface area contributed by atoms with E-state index in [0.29, 0.717) is 6.42 Å². The zero-order chi connectivity index (χ0) is 11.4. The van der Waals surface area contributed by atoms with Crippen LogP contribution in [0.15, 0.2) is 36.4 Å². The van der Waals surface area contributed by atoms with Crippen LogP contribution in [0.25, 0.3) is 16.2 Å². The number of benzene rings is 1. The minimum Gasteiger partial charge on any atom is -0.469 e. The largest absolute Gasteiger partial charge is 0.469 e. The van der Waals surface area contributed by atoms with E-state index in [1.807, 2.05) is 24.3 Å². The van der Waals surface area contributed by atoms with Gasteiger partial charge in [-0.05, 0) is 23.6 Å². The summed E-state index contributed by atoms with van der Waals surface area (Å²) in [5, 5.41) is 1.24. The molecule has 0 aliphatic heterocycles. The normalized spacial score (nSPS) is 11.1. The summed E-state index contributed by atoms with van der Waals surface area (Å²) >= 11 is 1.72. The predicted molar refractivity (Wildman–Crippen MR) is 67.5 cm³/mol. The number of carbonyl (C=O) groups is 1. The van der Waals surface area contributed by atoms with Crippen LogP contribution in [-0.4, -0.2) is 13.1 Å². The Balaban J connectivity index is 2.12. The van der Waals surface area contributed by atoms with Gasteiger partial charge in [0.05, 0.1) is 13.5 Å². The van der Waals surface area contributed by atoms with Crippen LogP contribution >= 0.6 is 11.3 Å². The molecule has 0 saturated heterocycles. The van der Waals surface area contributed by atoms with Crippen molar-refractivity contribution in [3.05, 3.63) is 41.3 Å². The molecule has 0 atom stereocenters. The summed E-state index contributed by atoms with van der Waals surface area (Å²) in [6.45, 7) is 0. The lowest BCUT2D eigenvalue weighted by Crippen LogP contribution is -1.96. The van der Waals surface area contributed by atoms with Gasteiger partial charge in [-0.15, -0.1) is 11.3 Å². The van der Waals surface area contributed by atoms with Crippen molar-refractivity contribution in [1.82, 2.24) is 0 Å². The molecule has 2 nitrogen and oxygen atoms in total. The average Bonchev–Trinajstić information content (AvgIpc) is 2.71. The molecule has 0 radical (unpaired) electrons. The number of ether oxygens (including phenoxy) is 1. The number of methoxy groups -OCH3 is 1. The molecule has 0 amide bonds. The molecule has 0 unspecified atom stereocenters. The van der Waals surface area contributed by atoms with E-state index in [1.54, 1.807) is 11.3 Å². The Morgan fingerprint density at radius 3 is 3.00 bits per heavy atom. The third kappa shape index (κ3) is 2.49. The fraction of sp³-hybridized carbons (Fsp3) is 0.154. The Morgan fingerprint density at radius 1 is 1.44 bits per heavy atom. The van der Waals surface area contributed by atoms with Crippen LogP contribution in [0.1, 0.15) is 11.3 Å². The Hall–Kier alpha value is -1.61. The molecule has 2 aromatic rings. The third-order valence-electron chi connectivity index (χ3n) is 2.24. The van der Waals surface area contributed by atoms with Crippen LogP contribution < -0.4 is 0 Å². The highest BCUT2D eigenvalue weighted by Gasteiger charge is 1.98. The maximum Gasteiger partial charge on any atom is 0.309 e. The molecule has 1 heterocycles. The van der Waals surface area contributed by atoms with Gasteiger partial charge >= 0.3 is 5.97 Å². The lowest BCUT2D eigenvalue weighted by Gasteiger charge is -1.90. The van der Waals surface area contributed by atoms with Crippen LogP contribution in [0.3, 0.4) is 0 Å². The summed E-state index contributed by atoms with van der Waals surface area (Å²) < 4.78 is 5.82. The second kappa shape index (κ2) is 4.94. The summed E-state index contributed by atoms with van der Waals surface area (Å²) in [6.07, 6.45) is 4.11. The van der Waals surface area contributed by atoms with Crippen LogP contribution in [0, 0.1) is 0 Å². The minimum absolute atomic E-state index is 0.211. The van der Waals surface area contributed by atoms with Crippen molar-refractivity contribution in [2.45, 2.75) is 6.42 Å². The molecule has 0 saturated carbocycles. The van der Waals surface area contributed by atoms with Crippen LogP contribution in [0.2, 0.25) is 0 Å². The standard InChI is InChI=1S/C13H12O2S/c1-15-13(14)8-4-6-11-9-10-5-2-3-7-12(10)16-11/h2-7,9H,8H2,1H3. The molecule has 2 rings (SSSR count). The fourth-order valence-corrected chi connectivity index (χ4v) is 2.43. The van der Waals surface area contributed by atoms with Crippen molar-refractivity contribution in [3.63, 3.8) is 0 Å². The first-order valence-corrected chi connectivity index (χ1v) is 5.83. The van der Waals surface area contributed by atoms with Crippen molar-refractivity contribution >= 4 is 33.5 Å². The Kier molecular flexibility index (Phi) is 3.37. The van der Waals surface area contributed by atoms with Gasteiger partial charge in [0, 0.05) is 9.58 Å². The van der Waals surface area contributed by atoms with E-state index in [1.165, 1.54) is 17.2 Å². The van der Waals surface area contributed by atoms with Crippen molar-refractivity contribution in [2.75, 3.05) is 7.11 Å². The SMILES string of the molecule is COC(=O)CC=Cc1cc2ccccc2s1. The van der Waals surface area contributed by atoms with Gasteiger partial charge in [0.15, 0.2) is 0 Å². The van der Waals surface area contributed by atoms with Gasteiger partial charge in [-0.1, -0.05) is 24.3 Å². The van der Waals surface area contributed by atoms with Gasteiger partial charge in [-0.25, -0.2) is 0 Å². The lowest BCUT2D eigenvalue weighted by atomic mass is 10.2. The van der Waals surface area contributed by atoms with Crippen LogP contribution in [0.4, 0.5) is 0 Å². The minimum atomic E-state index is -0.211. The summed E-state index contributed by atoms with van der Waals surface area (Å²) in [5.74, 6) is -0.211. The van der Waals surface area contributed by atoms with E-state index in [-0.39, 0.29) is 5.97 Å². The van der Waals surface area contributed by atoms with Gasteiger partial charge in [0.25, 0.3) is 0 Å². The van der Waals surface area contributed by atoms with Crippen molar-refractivity contribution < 1.29 is 9.53 Å². The van der Waals surface area contributed by atoms with Crippen molar-refractivity contribution in [3.8, 4) is 0 Å². The molecular formula is C13H12O2S. The molecule has 0 N–H and O–H groups in total. The number of rotatable bonds is 3. The first kappa shape index (κ1) is 10.9. The van der Waals surface area contributed by atoms with E-state index in [4.69, 9.17) is 0 Å². The molecule has 0 aliphatic rings. The maximum absolute atomic E-state index is 10.9. The zero-order valence-corrected chi connectivity index (χ0v) is 9.79. The predicted octanol–water partition coefficient (Wildman–Crippen LogP) is 3.48. The maximum atomic E-state index is 10.9. The van der Waals surface area contributed by atoms with E-state index in [0.717, 1.165) is 4.88 Å². The highest BCUT2D eigenvalue weighted by atomic mass is 32.1. The molecule has 3 heteroatoms. The van der Waals surface area contributed by atoms with Gasteiger partial charge in [-0.2, -0.15) is 0 Å². The number of hydrogen-bond donors (Lipinski definition) is 0. The van der Waals surface area contributed by atoms with Gasteiger partial charge < -0.3 is 4.74 Å². The Labute approximate surface area is 98.2 Å². The molecule has 0 fully saturated rings. The first-order valence-electron chi connectivity index (χ1n) is 5.01. The Morgan fingerprint density at radius 2 is 2.25 bits per heavy atom. The molecule has 82 valence electrons. The first-order chi connectivity index (χ1) is 7.79. The number of carbonyl (C=O) groups excluding carboxylic acids is 1. The average molecular weight is 232 g/mol. The van der Waals surface area contributed by atoms with E-state index in [9.17, 15) is 4.79 Å². The lowest BCUT2D eigenvalue weighted by molar-refractivity contribution is -0.139. The van der Waals surface area contributed by atoms with E-state index in [2.05, 4.69) is 22.9 Å². The summed E-state index contributed by atoms with van der Waals surface area (Å²) in [4.78, 5) is 12.1. The zero-order valence-electron chi connectivity index (χ0n) is 8.97. The smallest absolute Gasteiger partial charge is 0.309 e. The number of thiophene rings is 1. The van der Waals surface area contributed by atoms with Crippen LogP contribution in [-0.2, 0) is 9.53 Å². The highest BCUT2D eigenvalue weighted by Crippen LogP contribution is 2.26. The monoisotopic (exact) mass is 232 g/mol. The Bertz CT molecular complexity index is 492. The van der Waals surface area contributed by atoms with Crippen molar-refractivity contribution in [2.24, 2.45) is 0 Å². The van der Waals surface area contributed by atoms with Gasteiger partial charge in [-0.3, -0.25) is 4.79 Å². The summed E-state index contributed by atoms with van der Waals surface area (Å²) in [5.41, 5.74) is 0. The second-order valence-corrected chi connectivity index (χ2v) is 4.48. The molecule has 1 aromatic carbocycles. The second-order valence-electron chi connectivity index (χ2n) is 3.37. The highest BCUT2D eigenvalue weighted by molar-refractivity contribution is 7.19. The summed E-state index contributed by atoms with van der Waals surface area (Å²) in [6, 6.07) is 10.4. The van der Waals surface area contributed by atoms with Gasteiger partial charge in [0.2, 0.25) is 0 Å². The van der Waals surface area contributed by atoms with E-state index >= 15 is 0 Å². The quantitative estimate of drug-likeness (QED) is 0.757. The summed E-state index contributed by atoms with van der Waals surface area (Å²) in [7, 11) is 1.40. The van der Waals surface area contributed by atoms with Crippen molar-refractivity contribution in [1.29, 1.82) is 0 Å². The topological polar surface area (TPSA) is 26.3 Å². The number of esters is 1. The molecule has 16 heavy (non-hydrogen) atoms. The number of fused-ring (bicyclic) bond motifs is 1. The molecular weight excluding hydrogens is 220 g/mol. The van der Waals surface area contributed by atoms with E-state index < -0.39 is 0 Å². The fourth-order valence-electron chi connectivity index (χ4n) is 1.44. The molecule has 1 aromatic heterocycles. The van der Waals surface area contributed by atoms with Gasteiger partial charge in [0.1, 0.15) is 0 Å². The molecule has 0 aliphatic carbocycles. The molecule has 0 spiro atoms. The third-order valence-corrected chi connectivity index (χ3v) is 3.32.